The third-order valence-electron chi connectivity index (χ3n) is 2.41. The molecule has 0 atom stereocenters. The van der Waals surface area contributed by atoms with Crippen LogP contribution in [0.25, 0.3) is 0 Å². The van der Waals surface area contributed by atoms with Crippen LogP contribution in [0, 0.1) is 11.3 Å². The number of nitrogens with one attached hydrogen (secondary N) is 1. The molecule has 0 aliphatic rings. The van der Waals surface area contributed by atoms with Gasteiger partial charge in [-0.25, -0.2) is 5.84 Å². The molecular weight excluding hydrogens is 220 g/mol. The third-order valence-corrected chi connectivity index (χ3v) is 2.41. The summed E-state index contributed by atoms with van der Waals surface area (Å²) in [5, 5.41) is 8.52. The summed E-state index contributed by atoms with van der Waals surface area (Å²) in [7, 11) is 0. The number of hydrogen-bond acceptors (Lipinski definition) is 5. The lowest BCUT2D eigenvalue weighted by Gasteiger charge is -2.16. The Kier molecular flexibility index (Phi) is 5.20. The molecule has 0 aliphatic carbocycles. The summed E-state index contributed by atoms with van der Waals surface area (Å²) in [5.74, 6) is 5.33. The Bertz CT molecular complexity index is 408. The first-order valence-electron chi connectivity index (χ1n) is 5.39. The van der Waals surface area contributed by atoms with Crippen molar-refractivity contribution >= 4 is 5.91 Å². The van der Waals surface area contributed by atoms with Crippen LogP contribution >= 0.6 is 0 Å². The number of nitriles is 1. The summed E-state index contributed by atoms with van der Waals surface area (Å²) in [6.07, 6.45) is 1.85. The van der Waals surface area contributed by atoms with E-state index in [2.05, 4.69) is 11.0 Å². The number of carbonyl (C=O) groups is 1. The quantitative estimate of drug-likeness (QED) is 0.429. The maximum Gasteiger partial charge on any atom is 0.268 e. The number of nitrogen functional groups attached to an aromatic ring is 1. The topological polar surface area (TPSA) is 95.3 Å². The van der Waals surface area contributed by atoms with Crippen LogP contribution in [0.4, 0.5) is 0 Å². The Morgan fingerprint density at radius 2 is 2.47 bits per heavy atom. The van der Waals surface area contributed by atoms with E-state index >= 15 is 0 Å². The molecular formula is C11H16N4O2. The average Bonchev–Trinajstić information content (AvgIpc) is 2.81. The van der Waals surface area contributed by atoms with E-state index in [1.165, 1.54) is 6.26 Å². The summed E-state index contributed by atoms with van der Waals surface area (Å²) in [6, 6.07) is 3.75. The van der Waals surface area contributed by atoms with Crippen LogP contribution in [-0.4, -0.2) is 23.9 Å². The van der Waals surface area contributed by atoms with Gasteiger partial charge in [0.1, 0.15) is 12.0 Å². The van der Waals surface area contributed by atoms with Gasteiger partial charge in [0, 0.05) is 13.0 Å². The zero-order valence-electron chi connectivity index (χ0n) is 9.77. The van der Waals surface area contributed by atoms with Crippen LogP contribution in [0.5, 0.6) is 0 Å². The van der Waals surface area contributed by atoms with E-state index in [1.54, 1.807) is 6.07 Å². The SMILES string of the molecule is CCN(CCC#N)Cc1cc(C(=O)NN)co1. The van der Waals surface area contributed by atoms with Gasteiger partial charge in [-0.15, -0.1) is 0 Å². The first-order chi connectivity index (χ1) is 8.21. The molecule has 1 amide bonds. The van der Waals surface area contributed by atoms with Crippen molar-refractivity contribution < 1.29 is 9.21 Å². The second kappa shape index (κ2) is 6.68. The summed E-state index contributed by atoms with van der Waals surface area (Å²) in [5.41, 5.74) is 2.44. The van der Waals surface area contributed by atoms with E-state index in [9.17, 15) is 4.79 Å². The molecule has 92 valence electrons. The minimum absolute atomic E-state index is 0.375. The second-order valence-corrected chi connectivity index (χ2v) is 3.55. The number of hydrazine groups is 1. The highest BCUT2D eigenvalue weighted by molar-refractivity contribution is 5.93. The molecule has 1 aromatic rings. The largest absolute Gasteiger partial charge is 0.467 e. The van der Waals surface area contributed by atoms with Crippen molar-refractivity contribution in [3.63, 3.8) is 0 Å². The molecule has 0 aliphatic heterocycles. The maximum atomic E-state index is 11.2. The Morgan fingerprint density at radius 3 is 3.06 bits per heavy atom. The van der Waals surface area contributed by atoms with Crippen molar-refractivity contribution in [3.8, 4) is 6.07 Å². The van der Waals surface area contributed by atoms with Gasteiger partial charge in [0.15, 0.2) is 0 Å². The second-order valence-electron chi connectivity index (χ2n) is 3.55. The van der Waals surface area contributed by atoms with Gasteiger partial charge in [-0.05, 0) is 12.6 Å². The summed E-state index contributed by atoms with van der Waals surface area (Å²) in [4.78, 5) is 13.3. The van der Waals surface area contributed by atoms with E-state index in [1.807, 2.05) is 12.3 Å². The Labute approximate surface area is 100.0 Å². The molecule has 0 aromatic carbocycles. The minimum atomic E-state index is -0.375. The maximum absolute atomic E-state index is 11.2. The van der Waals surface area contributed by atoms with Gasteiger partial charge in [0.05, 0.1) is 18.2 Å². The van der Waals surface area contributed by atoms with Gasteiger partial charge in [0.25, 0.3) is 5.91 Å². The number of nitrogens with zero attached hydrogens (tertiary/aromatic N) is 2. The van der Waals surface area contributed by atoms with E-state index in [-0.39, 0.29) is 5.91 Å². The minimum Gasteiger partial charge on any atom is -0.467 e. The molecule has 1 heterocycles. The van der Waals surface area contributed by atoms with Gasteiger partial charge < -0.3 is 4.42 Å². The standard InChI is InChI=1S/C11H16N4O2/c1-2-15(5-3-4-12)7-10-6-9(8-17-10)11(16)14-13/h6,8H,2-3,5,7,13H2,1H3,(H,14,16). The molecule has 0 saturated heterocycles. The molecule has 0 unspecified atom stereocenters. The number of furan rings is 1. The van der Waals surface area contributed by atoms with Crippen LogP contribution < -0.4 is 11.3 Å². The fourth-order valence-corrected chi connectivity index (χ4v) is 1.44. The molecule has 6 heteroatoms. The molecule has 6 nitrogen and oxygen atoms in total. The Balaban J connectivity index is 2.58. The van der Waals surface area contributed by atoms with E-state index < -0.39 is 0 Å². The van der Waals surface area contributed by atoms with Crippen LogP contribution in [0.1, 0.15) is 29.5 Å². The van der Waals surface area contributed by atoms with Crippen LogP contribution in [-0.2, 0) is 6.54 Å². The lowest BCUT2D eigenvalue weighted by Crippen LogP contribution is -2.29. The predicted octanol–water partition coefficient (Wildman–Crippen LogP) is 0.619. The summed E-state index contributed by atoms with van der Waals surface area (Å²) >= 11 is 0. The van der Waals surface area contributed by atoms with Crippen LogP contribution in [0.3, 0.4) is 0 Å². The third kappa shape index (κ3) is 3.90. The molecule has 3 N–H and O–H groups in total. The smallest absolute Gasteiger partial charge is 0.268 e. The highest BCUT2D eigenvalue weighted by Crippen LogP contribution is 2.10. The van der Waals surface area contributed by atoms with Gasteiger partial charge in [0.2, 0.25) is 0 Å². The number of rotatable bonds is 6. The lowest BCUT2D eigenvalue weighted by molar-refractivity contribution is 0.0953. The number of carbonyl (C=O) groups excluding carboxylic acids is 1. The number of amides is 1. The fourth-order valence-electron chi connectivity index (χ4n) is 1.44. The highest BCUT2D eigenvalue weighted by atomic mass is 16.3. The van der Waals surface area contributed by atoms with Crippen molar-refractivity contribution in [3.05, 3.63) is 23.7 Å². The molecule has 0 fully saturated rings. The lowest BCUT2D eigenvalue weighted by atomic mass is 10.3. The van der Waals surface area contributed by atoms with E-state index in [4.69, 9.17) is 15.5 Å². The van der Waals surface area contributed by atoms with Gasteiger partial charge >= 0.3 is 0 Å². The molecule has 0 radical (unpaired) electrons. The zero-order chi connectivity index (χ0) is 12.7. The molecule has 0 spiro atoms. The monoisotopic (exact) mass is 236 g/mol. The van der Waals surface area contributed by atoms with Gasteiger partial charge in [-0.2, -0.15) is 5.26 Å². The Hall–Kier alpha value is -1.84. The van der Waals surface area contributed by atoms with Crippen LogP contribution in [0.15, 0.2) is 16.7 Å². The highest BCUT2D eigenvalue weighted by Gasteiger charge is 2.11. The summed E-state index contributed by atoms with van der Waals surface area (Å²) < 4.78 is 5.26. The first-order valence-corrected chi connectivity index (χ1v) is 5.39. The average molecular weight is 236 g/mol. The Morgan fingerprint density at radius 1 is 1.71 bits per heavy atom. The van der Waals surface area contributed by atoms with Gasteiger partial charge in [-0.3, -0.25) is 15.1 Å². The summed E-state index contributed by atoms with van der Waals surface area (Å²) in [6.45, 7) is 4.09. The predicted molar refractivity (Wildman–Crippen MR) is 61.5 cm³/mol. The van der Waals surface area contributed by atoms with Crippen LogP contribution in [0.2, 0.25) is 0 Å². The molecule has 1 aromatic heterocycles. The zero-order valence-corrected chi connectivity index (χ0v) is 9.77. The van der Waals surface area contributed by atoms with Crippen molar-refractivity contribution in [1.82, 2.24) is 10.3 Å². The number of hydrogen-bond donors (Lipinski definition) is 2. The molecule has 17 heavy (non-hydrogen) atoms. The van der Waals surface area contributed by atoms with E-state index in [0.717, 1.165) is 6.54 Å². The fraction of sp³-hybridized carbons (Fsp3) is 0.455. The molecule has 1 rings (SSSR count). The van der Waals surface area contributed by atoms with Gasteiger partial charge in [-0.1, -0.05) is 6.92 Å². The molecule has 0 saturated carbocycles. The normalized spacial score (nSPS) is 10.2. The van der Waals surface area contributed by atoms with E-state index in [0.29, 0.717) is 30.8 Å². The first kappa shape index (κ1) is 13.2. The van der Waals surface area contributed by atoms with Crippen molar-refractivity contribution in [2.45, 2.75) is 19.9 Å². The van der Waals surface area contributed by atoms with Crippen molar-refractivity contribution in [2.75, 3.05) is 13.1 Å². The van der Waals surface area contributed by atoms with Crippen molar-refractivity contribution in [1.29, 1.82) is 5.26 Å². The molecule has 0 bridgehead atoms. The number of nitrogens with two attached hydrogens (primary N) is 1. The van der Waals surface area contributed by atoms with Crippen molar-refractivity contribution in [2.24, 2.45) is 5.84 Å².